The van der Waals surface area contributed by atoms with Crippen molar-refractivity contribution >= 4 is 51.4 Å². The first-order valence-corrected chi connectivity index (χ1v) is 16.4. The minimum absolute atomic E-state index is 0. The van der Waals surface area contributed by atoms with Gasteiger partial charge in [0.1, 0.15) is 5.75 Å². The topological polar surface area (TPSA) is 99.8 Å². The number of sulfone groups is 1. The number of hydrogen-bond donors (Lipinski definition) is 3. The predicted molar refractivity (Wildman–Crippen MR) is 169 cm³/mol. The SMILES string of the molecule is CCOc1cc(C(F)(F)F)ccc1C1(S(=O)(=O)CCN2CCNC(=O)C2)NC(c2ccc(Cl)cc2)C(c2ccc(Cl)cc2)N1.Cl. The molecule has 244 valence electrons. The number of nitrogens with one attached hydrogen (secondary N) is 3. The van der Waals surface area contributed by atoms with E-state index < -0.39 is 44.4 Å². The number of piperazine rings is 1. The van der Waals surface area contributed by atoms with E-state index in [0.29, 0.717) is 34.3 Å². The maximum atomic E-state index is 14.6. The summed E-state index contributed by atoms with van der Waals surface area (Å²) in [4.78, 5) is 11.6. The van der Waals surface area contributed by atoms with Crippen LogP contribution >= 0.6 is 35.6 Å². The zero-order chi connectivity index (χ0) is 31.7. The van der Waals surface area contributed by atoms with Gasteiger partial charge in [-0.1, -0.05) is 53.5 Å². The molecule has 45 heavy (non-hydrogen) atoms. The smallest absolute Gasteiger partial charge is 0.416 e. The lowest BCUT2D eigenvalue weighted by Gasteiger charge is -2.34. The van der Waals surface area contributed by atoms with Crippen LogP contribution in [-0.4, -0.2) is 57.8 Å². The van der Waals surface area contributed by atoms with E-state index in [0.717, 1.165) is 18.2 Å². The number of ether oxygens (including phenoxy) is 1. The highest BCUT2D eigenvalue weighted by Gasteiger charge is 2.56. The van der Waals surface area contributed by atoms with Gasteiger partial charge in [-0.3, -0.25) is 20.3 Å². The van der Waals surface area contributed by atoms with Crippen molar-refractivity contribution in [2.24, 2.45) is 0 Å². The largest absolute Gasteiger partial charge is 0.493 e. The fourth-order valence-corrected chi connectivity index (χ4v) is 7.76. The van der Waals surface area contributed by atoms with Gasteiger partial charge >= 0.3 is 6.18 Å². The van der Waals surface area contributed by atoms with Crippen molar-refractivity contribution in [3.05, 3.63) is 99.0 Å². The van der Waals surface area contributed by atoms with Crippen LogP contribution in [0.25, 0.3) is 0 Å². The van der Waals surface area contributed by atoms with Crippen LogP contribution in [-0.2, 0) is 25.8 Å². The summed E-state index contributed by atoms with van der Waals surface area (Å²) in [6.07, 6.45) is -4.68. The molecule has 8 nitrogen and oxygen atoms in total. The van der Waals surface area contributed by atoms with Crippen LogP contribution in [0, 0.1) is 0 Å². The highest BCUT2D eigenvalue weighted by atomic mass is 35.5. The molecule has 3 aromatic carbocycles. The van der Waals surface area contributed by atoms with E-state index in [1.807, 2.05) is 0 Å². The van der Waals surface area contributed by atoms with Crippen LogP contribution in [0.3, 0.4) is 0 Å². The maximum Gasteiger partial charge on any atom is 0.416 e. The molecule has 5 rings (SSSR count). The van der Waals surface area contributed by atoms with Crippen LogP contribution in [0.15, 0.2) is 66.7 Å². The zero-order valence-electron chi connectivity index (χ0n) is 24.0. The van der Waals surface area contributed by atoms with Gasteiger partial charge in [0.15, 0.2) is 9.84 Å². The number of carbonyl (C=O) groups excluding carboxylic acids is 1. The molecule has 2 aliphatic heterocycles. The molecule has 0 saturated carbocycles. The van der Waals surface area contributed by atoms with Gasteiger partial charge in [0, 0.05) is 35.2 Å². The second-order valence-corrected chi connectivity index (χ2v) is 13.7. The van der Waals surface area contributed by atoms with Crippen molar-refractivity contribution < 1.29 is 31.1 Å². The molecule has 2 aliphatic rings. The number of halogens is 6. The summed E-state index contributed by atoms with van der Waals surface area (Å²) in [6, 6.07) is 15.2. The minimum Gasteiger partial charge on any atom is -0.493 e. The molecule has 3 aromatic rings. The van der Waals surface area contributed by atoms with E-state index in [2.05, 4.69) is 16.0 Å². The molecule has 0 radical (unpaired) electrons. The van der Waals surface area contributed by atoms with Gasteiger partial charge in [-0.15, -0.1) is 12.4 Å². The molecule has 2 atom stereocenters. The number of amides is 1. The molecule has 0 spiro atoms. The molecule has 15 heteroatoms. The van der Waals surface area contributed by atoms with Crippen molar-refractivity contribution in [2.75, 3.05) is 38.5 Å². The van der Waals surface area contributed by atoms with Gasteiger partial charge < -0.3 is 10.1 Å². The molecule has 2 heterocycles. The zero-order valence-corrected chi connectivity index (χ0v) is 27.2. The maximum absolute atomic E-state index is 14.6. The summed E-state index contributed by atoms with van der Waals surface area (Å²) in [6.45, 7) is 2.51. The van der Waals surface area contributed by atoms with Crippen molar-refractivity contribution in [3.8, 4) is 5.75 Å². The van der Waals surface area contributed by atoms with E-state index in [1.54, 1.807) is 60.4 Å². The number of alkyl halides is 3. The summed E-state index contributed by atoms with van der Waals surface area (Å²) in [7, 11) is -4.29. The molecule has 3 N–H and O–H groups in total. The molecule has 0 bridgehead atoms. The number of carbonyl (C=O) groups is 1. The van der Waals surface area contributed by atoms with Crippen LogP contribution in [0.4, 0.5) is 13.2 Å². The Morgan fingerprint density at radius 2 is 1.51 bits per heavy atom. The Labute approximate surface area is 275 Å². The first kappa shape index (κ1) is 35.3. The lowest BCUT2D eigenvalue weighted by Crippen LogP contribution is -2.56. The van der Waals surface area contributed by atoms with Gasteiger partial charge in [0.25, 0.3) is 0 Å². The van der Waals surface area contributed by atoms with Crippen molar-refractivity contribution in [1.29, 1.82) is 0 Å². The standard InChI is InChI=1S/C30H31Cl2F3N4O4S.ClH/c1-2-43-25-17-21(29(33,34)35)7-12-24(25)30(44(41,42)16-15-39-14-13-36-26(40)18-39)37-27(19-3-8-22(31)9-4-19)28(38-30)20-5-10-23(32)11-6-20;/h3-12,17,27-28,37-38H,2,13-16,18H2,1H3,(H,36,40);1H. The molecule has 2 fully saturated rings. The summed E-state index contributed by atoms with van der Waals surface area (Å²) < 4.78 is 76.2. The highest BCUT2D eigenvalue weighted by Crippen LogP contribution is 2.47. The fraction of sp³-hybridized carbons (Fsp3) is 0.367. The molecular formula is C30H32Cl3F3N4O4S. The van der Waals surface area contributed by atoms with E-state index in [9.17, 15) is 26.4 Å². The van der Waals surface area contributed by atoms with Crippen molar-refractivity contribution in [2.45, 2.75) is 30.2 Å². The van der Waals surface area contributed by atoms with Gasteiger partial charge in [0.2, 0.25) is 10.9 Å². The second-order valence-electron chi connectivity index (χ2n) is 10.6. The molecule has 0 aromatic heterocycles. The Kier molecular flexibility index (Phi) is 11.0. The fourth-order valence-electron chi connectivity index (χ4n) is 5.59. The molecule has 2 saturated heterocycles. The van der Waals surface area contributed by atoms with Crippen LogP contribution in [0.2, 0.25) is 10.0 Å². The average molecular weight is 708 g/mol. The lowest BCUT2D eigenvalue weighted by atomic mass is 9.95. The third-order valence-electron chi connectivity index (χ3n) is 7.76. The van der Waals surface area contributed by atoms with Crippen LogP contribution < -0.4 is 20.7 Å². The van der Waals surface area contributed by atoms with Gasteiger partial charge in [0.05, 0.1) is 36.6 Å². The van der Waals surface area contributed by atoms with E-state index in [1.165, 1.54) is 0 Å². The number of rotatable bonds is 9. The first-order valence-electron chi connectivity index (χ1n) is 13.9. The lowest BCUT2D eigenvalue weighted by molar-refractivity contribution is -0.137. The van der Waals surface area contributed by atoms with Gasteiger partial charge in [-0.2, -0.15) is 13.2 Å². The van der Waals surface area contributed by atoms with E-state index in [4.69, 9.17) is 27.9 Å². The second kappa shape index (κ2) is 14.0. The Balaban J connectivity index is 0.00000461. The summed E-state index contributed by atoms with van der Waals surface area (Å²) in [5.74, 6) is -0.851. The summed E-state index contributed by atoms with van der Waals surface area (Å²) in [5.41, 5.74) is 0.394. The number of hydrogen-bond acceptors (Lipinski definition) is 7. The molecule has 1 amide bonds. The summed E-state index contributed by atoms with van der Waals surface area (Å²) in [5, 5.41) is 10.2. The Morgan fingerprint density at radius 3 is 2.00 bits per heavy atom. The number of nitrogens with zero attached hydrogens (tertiary/aromatic N) is 1. The third kappa shape index (κ3) is 7.54. The Bertz CT molecular complexity index is 1560. The number of benzene rings is 3. The van der Waals surface area contributed by atoms with E-state index >= 15 is 0 Å². The first-order chi connectivity index (χ1) is 20.8. The van der Waals surface area contributed by atoms with Crippen LogP contribution in [0.1, 0.15) is 41.3 Å². The Morgan fingerprint density at radius 1 is 0.956 bits per heavy atom. The Hall–Kier alpha value is -2.58. The van der Waals surface area contributed by atoms with Crippen molar-refractivity contribution in [3.63, 3.8) is 0 Å². The quantitative estimate of drug-likeness (QED) is 0.272. The summed E-state index contributed by atoms with van der Waals surface area (Å²) >= 11 is 12.3. The van der Waals surface area contributed by atoms with Gasteiger partial charge in [-0.05, 0) is 54.4 Å². The molecular weight excluding hydrogens is 676 g/mol. The third-order valence-corrected chi connectivity index (χ3v) is 10.4. The van der Waals surface area contributed by atoms with Crippen LogP contribution in [0.5, 0.6) is 5.75 Å². The molecule has 0 aliphatic carbocycles. The highest BCUT2D eigenvalue weighted by molar-refractivity contribution is 7.92. The average Bonchev–Trinajstić information content (AvgIpc) is 3.39. The molecule has 2 unspecified atom stereocenters. The predicted octanol–water partition coefficient (Wildman–Crippen LogP) is 5.47. The normalized spacial score (nSPS) is 22.5. The minimum atomic E-state index is -4.68. The van der Waals surface area contributed by atoms with Gasteiger partial charge in [-0.25, -0.2) is 8.42 Å². The van der Waals surface area contributed by atoms with E-state index in [-0.39, 0.29) is 49.3 Å². The van der Waals surface area contributed by atoms with Crippen molar-refractivity contribution in [1.82, 2.24) is 20.9 Å². The monoisotopic (exact) mass is 706 g/mol.